The van der Waals surface area contributed by atoms with Crippen LogP contribution in [0.5, 0.6) is 0 Å². The number of halogens is 1. The highest BCUT2D eigenvalue weighted by molar-refractivity contribution is 5.30. The van der Waals surface area contributed by atoms with Crippen molar-refractivity contribution >= 4 is 0 Å². The summed E-state index contributed by atoms with van der Waals surface area (Å²) in [6, 6.07) is 10.0. The Morgan fingerprint density at radius 1 is 1.15 bits per heavy atom. The zero-order valence-corrected chi connectivity index (χ0v) is 7.28. The maximum atomic E-state index is 12.9. The Kier molecular flexibility index (Phi) is 2.26. The molecule has 0 aromatic heterocycles. The van der Waals surface area contributed by atoms with Crippen LogP contribution in [-0.4, -0.2) is 0 Å². The minimum atomic E-state index is -0.125. The van der Waals surface area contributed by atoms with Crippen molar-refractivity contribution in [2.45, 2.75) is 12.3 Å². The number of hydrogen-bond acceptors (Lipinski definition) is 0. The van der Waals surface area contributed by atoms with E-state index in [0.717, 1.165) is 6.42 Å². The minimum absolute atomic E-state index is 0.125. The molecule has 2 rings (SSSR count). The fraction of sp³-hybridized carbons (Fsp3) is 0.167. The number of allylic oxidation sites excluding steroid dienone is 4. The fourth-order valence-corrected chi connectivity index (χ4v) is 1.58. The first-order valence-corrected chi connectivity index (χ1v) is 4.45. The third-order valence-corrected chi connectivity index (χ3v) is 2.26. The van der Waals surface area contributed by atoms with Crippen molar-refractivity contribution in [2.24, 2.45) is 0 Å². The van der Waals surface area contributed by atoms with E-state index in [2.05, 4.69) is 0 Å². The van der Waals surface area contributed by atoms with Gasteiger partial charge in [-0.25, -0.2) is 4.39 Å². The molecule has 0 saturated heterocycles. The summed E-state index contributed by atoms with van der Waals surface area (Å²) in [7, 11) is 0. The van der Waals surface area contributed by atoms with Gasteiger partial charge in [0.05, 0.1) is 0 Å². The third-order valence-electron chi connectivity index (χ3n) is 2.26. The number of hydrogen-bond donors (Lipinski definition) is 0. The van der Waals surface area contributed by atoms with Gasteiger partial charge in [-0.1, -0.05) is 36.4 Å². The molecular weight excluding hydrogens is 163 g/mol. The van der Waals surface area contributed by atoms with Crippen molar-refractivity contribution in [3.8, 4) is 0 Å². The van der Waals surface area contributed by atoms with Gasteiger partial charge in [-0.3, -0.25) is 0 Å². The summed E-state index contributed by atoms with van der Waals surface area (Å²) >= 11 is 0. The Labute approximate surface area is 77.4 Å². The van der Waals surface area contributed by atoms with Crippen LogP contribution in [0.3, 0.4) is 0 Å². The predicted molar refractivity (Wildman–Crippen MR) is 52.1 cm³/mol. The van der Waals surface area contributed by atoms with Gasteiger partial charge in [-0.05, 0) is 24.1 Å². The van der Waals surface area contributed by atoms with Crippen molar-refractivity contribution in [1.82, 2.24) is 0 Å². The van der Waals surface area contributed by atoms with Crippen LogP contribution >= 0.6 is 0 Å². The van der Waals surface area contributed by atoms with E-state index in [1.54, 1.807) is 6.08 Å². The van der Waals surface area contributed by atoms with E-state index in [4.69, 9.17) is 0 Å². The van der Waals surface area contributed by atoms with Gasteiger partial charge in [0.15, 0.2) is 0 Å². The highest BCUT2D eigenvalue weighted by Crippen LogP contribution is 2.26. The smallest absolute Gasteiger partial charge is 0.119 e. The molecule has 0 aliphatic heterocycles. The first kappa shape index (κ1) is 8.24. The van der Waals surface area contributed by atoms with E-state index in [9.17, 15) is 4.39 Å². The molecule has 0 N–H and O–H groups in total. The summed E-state index contributed by atoms with van der Waals surface area (Å²) in [5.41, 5.74) is 1.18. The Morgan fingerprint density at radius 3 is 2.62 bits per heavy atom. The number of benzene rings is 1. The zero-order chi connectivity index (χ0) is 9.10. The van der Waals surface area contributed by atoms with E-state index in [1.807, 2.05) is 36.4 Å². The topological polar surface area (TPSA) is 0 Å². The van der Waals surface area contributed by atoms with E-state index < -0.39 is 0 Å². The summed E-state index contributed by atoms with van der Waals surface area (Å²) in [4.78, 5) is 0. The van der Waals surface area contributed by atoms with Crippen LogP contribution < -0.4 is 0 Å². The molecule has 1 aromatic rings. The normalized spacial score (nSPS) is 21.3. The van der Waals surface area contributed by atoms with Crippen molar-refractivity contribution in [3.05, 3.63) is 60.0 Å². The van der Waals surface area contributed by atoms with Crippen LogP contribution in [-0.2, 0) is 0 Å². The molecule has 1 atom stereocenters. The first-order chi connectivity index (χ1) is 6.36. The molecule has 13 heavy (non-hydrogen) atoms. The lowest BCUT2D eigenvalue weighted by Crippen LogP contribution is -1.96. The SMILES string of the molecule is FC1=CC(c2ccccc2)CC=C1. The second-order valence-corrected chi connectivity index (χ2v) is 3.21. The van der Waals surface area contributed by atoms with Gasteiger partial charge in [0.1, 0.15) is 5.83 Å². The summed E-state index contributed by atoms with van der Waals surface area (Å²) in [6.45, 7) is 0. The molecule has 0 amide bonds. The molecule has 0 heterocycles. The predicted octanol–water partition coefficient (Wildman–Crippen LogP) is 3.58. The molecule has 66 valence electrons. The maximum absolute atomic E-state index is 12.9. The molecule has 0 nitrogen and oxygen atoms in total. The van der Waals surface area contributed by atoms with Crippen LogP contribution in [0.1, 0.15) is 17.9 Å². The molecule has 1 unspecified atom stereocenters. The van der Waals surface area contributed by atoms with Gasteiger partial charge in [-0.15, -0.1) is 0 Å². The summed E-state index contributed by atoms with van der Waals surface area (Å²) in [5.74, 6) is 0.0892. The van der Waals surface area contributed by atoms with E-state index in [1.165, 1.54) is 11.6 Å². The van der Waals surface area contributed by atoms with Gasteiger partial charge in [0.25, 0.3) is 0 Å². The third kappa shape index (κ3) is 1.86. The van der Waals surface area contributed by atoms with E-state index in [0.29, 0.717) is 0 Å². The minimum Gasteiger partial charge on any atom is -0.207 e. The first-order valence-electron chi connectivity index (χ1n) is 4.45. The number of rotatable bonds is 1. The highest BCUT2D eigenvalue weighted by atomic mass is 19.1. The second kappa shape index (κ2) is 3.56. The van der Waals surface area contributed by atoms with Gasteiger partial charge in [-0.2, -0.15) is 0 Å². The van der Waals surface area contributed by atoms with Crippen LogP contribution in [0.15, 0.2) is 54.4 Å². The lowest BCUT2D eigenvalue weighted by molar-refractivity contribution is 0.640. The summed E-state index contributed by atoms with van der Waals surface area (Å²) in [6.07, 6.45) is 5.99. The average molecular weight is 174 g/mol. The molecule has 0 spiro atoms. The van der Waals surface area contributed by atoms with Crippen molar-refractivity contribution < 1.29 is 4.39 Å². The monoisotopic (exact) mass is 174 g/mol. The molecule has 0 radical (unpaired) electrons. The Bertz CT molecular complexity index is 335. The summed E-state index contributed by atoms with van der Waals surface area (Å²) in [5, 5.41) is 0. The van der Waals surface area contributed by atoms with Gasteiger partial charge in [0, 0.05) is 5.92 Å². The van der Waals surface area contributed by atoms with Crippen LogP contribution in [0.4, 0.5) is 4.39 Å². The van der Waals surface area contributed by atoms with E-state index in [-0.39, 0.29) is 11.7 Å². The molecule has 0 fully saturated rings. The fourth-order valence-electron chi connectivity index (χ4n) is 1.58. The quantitative estimate of drug-likeness (QED) is 0.610. The molecule has 0 bridgehead atoms. The van der Waals surface area contributed by atoms with Crippen molar-refractivity contribution in [3.63, 3.8) is 0 Å². The standard InChI is InChI=1S/C12H11F/c13-12-8-4-7-11(9-12)10-5-2-1-3-6-10/h1-6,8-9,11H,7H2. The van der Waals surface area contributed by atoms with Gasteiger partial charge < -0.3 is 0 Å². The maximum Gasteiger partial charge on any atom is 0.119 e. The lowest BCUT2D eigenvalue weighted by Gasteiger charge is -2.13. The molecule has 1 aliphatic carbocycles. The van der Waals surface area contributed by atoms with Crippen LogP contribution in [0.2, 0.25) is 0 Å². The highest BCUT2D eigenvalue weighted by Gasteiger charge is 2.10. The van der Waals surface area contributed by atoms with Crippen LogP contribution in [0, 0.1) is 0 Å². The van der Waals surface area contributed by atoms with E-state index >= 15 is 0 Å². The van der Waals surface area contributed by atoms with Gasteiger partial charge >= 0.3 is 0 Å². The molecule has 0 saturated carbocycles. The van der Waals surface area contributed by atoms with Crippen LogP contribution in [0.25, 0.3) is 0 Å². The zero-order valence-electron chi connectivity index (χ0n) is 7.28. The van der Waals surface area contributed by atoms with Crippen molar-refractivity contribution in [1.29, 1.82) is 0 Å². The van der Waals surface area contributed by atoms with Gasteiger partial charge in [0.2, 0.25) is 0 Å². The molecule has 1 aromatic carbocycles. The Hall–Kier alpha value is -1.37. The molecular formula is C12H11F. The Morgan fingerprint density at radius 2 is 1.92 bits per heavy atom. The largest absolute Gasteiger partial charge is 0.207 e. The average Bonchev–Trinajstić information content (AvgIpc) is 2.19. The molecule has 1 aliphatic rings. The lowest BCUT2D eigenvalue weighted by atomic mass is 9.92. The molecule has 1 heteroatoms. The summed E-state index contributed by atoms with van der Waals surface area (Å²) < 4.78 is 12.9. The Balaban J connectivity index is 2.24. The van der Waals surface area contributed by atoms with Crippen molar-refractivity contribution in [2.75, 3.05) is 0 Å². The second-order valence-electron chi connectivity index (χ2n) is 3.21.